The number of esters is 2. The standard InChI is InChI=1S/C27H25ClFN9O2.C23H28N6O3.C19H20N6O3.C18H20BrN5O2.C8H7ClFN3.C5H9NO.ClH/c28-19-3-4-35-15-31-20(24(35)23(19)29)6-30-26(39)21-10-38(34-33-21)9-18-8-36-7-17(16-1-2-16)5-22(25(36)32-18)37-11-27(12-37)13-40-14-27;1-22(2,3)32-21(30)18-10-29(26-25-18)9-17-8-27-7-16(15-4-5-15)6-19(20(27)24-17)28-11-23(12-28)13-31-14-23;26-18(27)15-7-25(22-21-15)6-14-5-23-4-13(12-1-2-12)3-16(17(23)20-14)24-8-19(9-24)10-28-11-19;1-18(2,3)26-17(25)15-10-24(22-21-15)9-13-8-23-7-12(11-4-5-11)6-14(19)16(23)20-13;9-5-1-2-13-4-12-6(3-11)8(13)7(5)10;1-5(2-6-1)3-7-4-5;/h3-5,7-8,10,15-16H,1-2,6,9,11-14H2,(H,30,39);6-8,10,15H,4-5,9,11-14H2,1-3H3;3-5,7,12H,1-2,6,8-11H2,(H,26,27);6-8,10-11H,4-5,9H2,1-3H3;1-2,4H,3,11H2;6H,1-4H2;1H. The molecule has 0 bridgehead atoms. The van der Waals surface area contributed by atoms with Gasteiger partial charge in [-0.05, 0) is 191 Å². The molecule has 4 saturated carbocycles. The number of nitrogens with two attached hydrogens (primary N) is 1. The Morgan fingerprint density at radius 3 is 1.11 bits per heavy atom. The van der Waals surface area contributed by atoms with E-state index in [1.807, 2.05) is 64.5 Å². The molecule has 147 heavy (non-hydrogen) atoms. The molecule has 16 aromatic rings. The summed E-state index contributed by atoms with van der Waals surface area (Å²) in [5, 5.41) is 46.8. The molecule has 1 amide bonds. The van der Waals surface area contributed by atoms with Gasteiger partial charge in [0.05, 0.1) is 205 Å². The van der Waals surface area contributed by atoms with Crippen LogP contribution in [0.2, 0.25) is 10.0 Å². The van der Waals surface area contributed by atoms with Crippen molar-refractivity contribution >= 4 is 126 Å². The van der Waals surface area contributed by atoms with Crippen molar-refractivity contribution in [2.75, 3.05) is 120 Å². The summed E-state index contributed by atoms with van der Waals surface area (Å²) in [6, 6.07) is 12.0. The lowest BCUT2D eigenvalue weighted by molar-refractivity contribution is -0.139. The molecule has 0 radical (unpaired) electrons. The molecule has 12 aliphatic rings. The van der Waals surface area contributed by atoms with E-state index >= 15 is 0 Å². The summed E-state index contributed by atoms with van der Waals surface area (Å²) in [5.74, 6) is -0.892. The molecule has 0 atom stereocenters. The van der Waals surface area contributed by atoms with E-state index in [0.717, 1.165) is 148 Å². The maximum Gasteiger partial charge on any atom is 0.361 e. The SMILES string of the molecule is C1NCC12COC2.CC(C)(C)OC(=O)c1cn(Cc2cn3cc(C4CC4)cc(Br)c3n2)nn1.CC(C)(C)OC(=O)c1cn(Cc2cn3cc(C4CC4)cc(N4CC5(COC5)C4)c3n2)nn1.Cl.NCc1ncn2ccc(Cl)c(F)c12.O=C(NCc1ncn2ccc(Cl)c(F)c12)c1cn(Cc2cn3cc(C4CC4)cc(N4CC5(COC5)C4)c3n2)nn1.O=C(O)c1cn(Cc2cn3cc(C4CC4)cc(N4CC5(COC5)C4)c3n2)nn1. The van der Waals surface area contributed by atoms with Gasteiger partial charge >= 0.3 is 17.9 Å². The molecule has 4 spiro atoms. The summed E-state index contributed by atoms with van der Waals surface area (Å²) >= 11 is 15.1. The lowest BCUT2D eigenvalue weighted by Crippen LogP contribution is -2.66. The predicted molar refractivity (Wildman–Crippen MR) is 539 cm³/mol. The van der Waals surface area contributed by atoms with Crippen molar-refractivity contribution in [3.8, 4) is 0 Å². The minimum Gasteiger partial charge on any atom is -0.476 e. The van der Waals surface area contributed by atoms with E-state index < -0.39 is 46.7 Å². The molecule has 24 heterocycles. The second-order valence-electron chi connectivity index (χ2n) is 42.9. The van der Waals surface area contributed by atoms with E-state index in [9.17, 15) is 28.0 Å². The number of nitrogens with one attached hydrogen (secondary N) is 2. The predicted octanol–water partition coefficient (Wildman–Crippen LogP) is 12.3. The van der Waals surface area contributed by atoms with E-state index in [-0.39, 0.29) is 63.8 Å². The Hall–Kier alpha value is -13.1. The van der Waals surface area contributed by atoms with Crippen LogP contribution in [0.1, 0.15) is 215 Å². The smallest absolute Gasteiger partial charge is 0.361 e. The van der Waals surface area contributed by atoms with Crippen LogP contribution >= 0.6 is 51.5 Å². The van der Waals surface area contributed by atoms with Gasteiger partial charge in [-0.25, -0.2) is 71.8 Å². The third-order valence-corrected chi connectivity index (χ3v) is 29.3. The summed E-state index contributed by atoms with van der Waals surface area (Å²) in [4.78, 5) is 82.8. The molecule has 0 unspecified atom stereocenters. The largest absolute Gasteiger partial charge is 0.476 e. The van der Waals surface area contributed by atoms with Crippen molar-refractivity contribution in [3.63, 3.8) is 0 Å². The van der Waals surface area contributed by atoms with Crippen molar-refractivity contribution < 1.29 is 61.5 Å². The molecule has 0 aromatic carbocycles. The number of ether oxygens (including phenoxy) is 6. The molecular weight excluding hydrogens is 2020 g/mol. The molecular formula is C100H110BrCl3F2N30O11. The zero-order valence-corrected chi connectivity index (χ0v) is 85.6. The van der Waals surface area contributed by atoms with Crippen LogP contribution in [0.4, 0.5) is 25.8 Å². The van der Waals surface area contributed by atoms with Gasteiger partial charge in [-0.2, -0.15) is 0 Å². The van der Waals surface area contributed by atoms with Gasteiger partial charge in [0, 0.05) is 126 Å². The highest BCUT2D eigenvalue weighted by molar-refractivity contribution is 9.10. The topological polar surface area (TPSA) is 430 Å². The minimum atomic E-state index is -1.08. The van der Waals surface area contributed by atoms with Crippen LogP contribution < -0.4 is 31.1 Å². The first kappa shape index (κ1) is 98.6. The number of carboxylic acids is 1. The molecule has 12 fully saturated rings. The summed E-state index contributed by atoms with van der Waals surface area (Å²) in [7, 11) is 0. The highest BCUT2D eigenvalue weighted by Gasteiger charge is 2.53. The number of aromatic carboxylic acids is 1. The van der Waals surface area contributed by atoms with Crippen LogP contribution in [0.25, 0.3) is 33.6 Å². The van der Waals surface area contributed by atoms with E-state index in [2.05, 4.69) is 166 Å². The Morgan fingerprint density at radius 1 is 0.463 bits per heavy atom. The zero-order chi connectivity index (χ0) is 101. The third kappa shape index (κ3) is 20.9. The number of aromatic nitrogens is 24. The number of imidazole rings is 6. The molecule has 47 heteroatoms. The van der Waals surface area contributed by atoms with E-state index in [1.54, 1.807) is 49.4 Å². The number of anilines is 3. The first-order chi connectivity index (χ1) is 70.2. The Labute approximate surface area is 864 Å². The number of amides is 1. The van der Waals surface area contributed by atoms with E-state index in [4.69, 9.17) is 77.4 Å². The number of carbonyl (C=O) groups is 4. The fraction of sp³-hybridized carbons (Fsp3) is 0.460. The number of halogens is 6. The lowest BCUT2D eigenvalue weighted by Gasteiger charge is -2.56. The first-order valence-corrected chi connectivity index (χ1v) is 50.6. The van der Waals surface area contributed by atoms with Gasteiger partial charge in [-0.1, -0.05) is 44.1 Å². The average Bonchev–Trinajstić information content (AvgIpc) is 1.34. The minimum absolute atomic E-state index is 0. The monoisotopic (exact) mass is 2130 g/mol. The van der Waals surface area contributed by atoms with Crippen molar-refractivity contribution in [2.24, 2.45) is 27.4 Å². The summed E-state index contributed by atoms with van der Waals surface area (Å²) in [6.45, 7) is 28.4. The Morgan fingerprint density at radius 2 is 0.789 bits per heavy atom. The van der Waals surface area contributed by atoms with Crippen LogP contribution in [-0.2, 0) is 67.7 Å². The summed E-state index contributed by atoms with van der Waals surface area (Å²) in [5.41, 5.74) is 23.9. The highest BCUT2D eigenvalue weighted by Crippen LogP contribution is 2.50. The van der Waals surface area contributed by atoms with Gasteiger partial charge in [0.25, 0.3) is 5.91 Å². The number of fused-ring (bicyclic) bond motifs is 6. The first-order valence-electron chi connectivity index (χ1n) is 49.1. The maximum absolute atomic E-state index is 14.5. The number of hydrogen-bond donors (Lipinski definition) is 4. The van der Waals surface area contributed by atoms with Crippen LogP contribution in [0.5, 0.6) is 0 Å². The van der Waals surface area contributed by atoms with Gasteiger partial charge in [-0.15, -0.1) is 32.8 Å². The number of nitrogens with zero attached hydrogens (tertiary/aromatic N) is 27. The average molecular weight is 2130 g/mol. The van der Waals surface area contributed by atoms with E-state index in [1.165, 1.54) is 138 Å². The molecule has 28 rings (SSSR count). The molecule has 8 aliphatic heterocycles. The fourth-order valence-electron chi connectivity index (χ4n) is 19.7. The molecule has 768 valence electrons. The van der Waals surface area contributed by atoms with Crippen molar-refractivity contribution in [2.45, 2.75) is 167 Å². The zero-order valence-electron chi connectivity index (χ0n) is 81.7. The molecule has 8 saturated heterocycles. The fourth-order valence-corrected chi connectivity index (χ4v) is 20.5. The van der Waals surface area contributed by atoms with Gasteiger partial charge in [0.1, 0.15) is 22.2 Å². The summed E-state index contributed by atoms with van der Waals surface area (Å²) in [6.07, 6.45) is 39.2. The van der Waals surface area contributed by atoms with Crippen LogP contribution in [0, 0.1) is 33.3 Å². The number of pyridine rings is 6. The second kappa shape index (κ2) is 38.9. The normalized spacial score (nSPS) is 18.3. The van der Waals surface area contributed by atoms with Crippen molar-refractivity contribution in [1.29, 1.82) is 0 Å². The molecule has 41 nitrogen and oxygen atoms in total. The van der Waals surface area contributed by atoms with Crippen molar-refractivity contribution in [3.05, 3.63) is 241 Å². The Balaban J connectivity index is 0.000000105. The number of carboxylic acid groups (broad SMARTS) is 1. The highest BCUT2D eigenvalue weighted by atomic mass is 79.9. The third-order valence-electron chi connectivity index (χ3n) is 28.1. The van der Waals surface area contributed by atoms with Crippen LogP contribution in [0.3, 0.4) is 0 Å². The quantitative estimate of drug-likeness (QED) is 0.0458. The van der Waals surface area contributed by atoms with Crippen molar-refractivity contribution in [1.82, 2.24) is 127 Å². The maximum atomic E-state index is 14.5. The van der Waals surface area contributed by atoms with Gasteiger partial charge < -0.3 is 91.0 Å². The van der Waals surface area contributed by atoms with Gasteiger partial charge in [-0.3, -0.25) is 4.79 Å². The molecule has 4 aliphatic carbocycles. The molecule has 5 N–H and O–H groups in total. The molecule has 16 aromatic heterocycles. The van der Waals surface area contributed by atoms with Crippen LogP contribution in [0.15, 0.2) is 140 Å². The van der Waals surface area contributed by atoms with Gasteiger partial charge in [0.15, 0.2) is 57.0 Å². The number of rotatable bonds is 22. The van der Waals surface area contributed by atoms with E-state index in [0.29, 0.717) is 88.4 Å². The van der Waals surface area contributed by atoms with Gasteiger partial charge in [0.2, 0.25) is 0 Å². The second-order valence-corrected chi connectivity index (χ2v) is 44.6. The van der Waals surface area contributed by atoms with Crippen LogP contribution in [-0.4, -0.2) is 262 Å². The lowest BCUT2D eigenvalue weighted by atomic mass is 9.77. The summed E-state index contributed by atoms with van der Waals surface area (Å²) < 4.78 is 78.8. The Bertz CT molecular complexity index is 7700. The number of hydrogen-bond acceptors (Lipinski definition) is 29. The Kier molecular flexibility index (Phi) is 26.1. The number of carbonyl (C=O) groups excluding carboxylic acids is 3.